The van der Waals surface area contributed by atoms with Crippen LogP contribution in [0.4, 0.5) is 0 Å². The van der Waals surface area contributed by atoms with Gasteiger partial charge in [0.2, 0.25) is 0 Å². The number of nitrogens with zero attached hydrogens (tertiary/aromatic N) is 1. The van der Waals surface area contributed by atoms with Crippen molar-refractivity contribution < 1.29 is 14.3 Å². The Kier molecular flexibility index (Phi) is 6.87. The molecule has 1 aliphatic heterocycles. The van der Waals surface area contributed by atoms with Crippen LogP contribution in [0, 0.1) is 0 Å². The highest BCUT2D eigenvalue weighted by Crippen LogP contribution is 2.30. The fourth-order valence-electron chi connectivity index (χ4n) is 3.59. The molecule has 1 aromatic heterocycles. The normalized spacial score (nSPS) is 14.9. The number of nitrogens with one attached hydrogen (secondary N) is 2. The third kappa shape index (κ3) is 5.56. The van der Waals surface area contributed by atoms with E-state index in [9.17, 15) is 9.59 Å². The second-order valence-corrected chi connectivity index (χ2v) is 7.91. The van der Waals surface area contributed by atoms with Crippen LogP contribution in [-0.2, 0) is 13.0 Å². The molecule has 0 saturated heterocycles. The Hall–Kier alpha value is -3.58. The SMILES string of the molecule is CN(CCc1ccccc1)Cc1ccc(C(=O)NCC2COc3ccccc3O2)c(=O)[nH]1. The van der Waals surface area contributed by atoms with Crippen molar-refractivity contribution in [1.29, 1.82) is 0 Å². The molecule has 32 heavy (non-hydrogen) atoms. The van der Waals surface area contributed by atoms with E-state index >= 15 is 0 Å². The molecule has 0 spiro atoms. The average Bonchev–Trinajstić information content (AvgIpc) is 2.82. The largest absolute Gasteiger partial charge is 0.486 e. The molecule has 166 valence electrons. The molecule has 7 heteroatoms. The number of aromatic nitrogens is 1. The fraction of sp³-hybridized carbons (Fsp3) is 0.280. The topological polar surface area (TPSA) is 83.7 Å². The maximum Gasteiger partial charge on any atom is 0.261 e. The zero-order valence-electron chi connectivity index (χ0n) is 18.0. The van der Waals surface area contributed by atoms with Gasteiger partial charge in [0.1, 0.15) is 18.3 Å². The minimum absolute atomic E-state index is 0.0813. The summed E-state index contributed by atoms with van der Waals surface area (Å²) in [6.07, 6.45) is 0.616. The molecule has 0 bridgehead atoms. The molecule has 1 unspecified atom stereocenters. The van der Waals surface area contributed by atoms with Crippen LogP contribution in [0.25, 0.3) is 0 Å². The molecule has 4 rings (SSSR count). The number of likely N-dealkylation sites (N-methyl/N-ethyl adjacent to an activating group) is 1. The monoisotopic (exact) mass is 433 g/mol. The Morgan fingerprint density at radius 3 is 2.59 bits per heavy atom. The summed E-state index contributed by atoms with van der Waals surface area (Å²) in [6, 6.07) is 21.0. The number of pyridine rings is 1. The number of ether oxygens (including phenoxy) is 2. The summed E-state index contributed by atoms with van der Waals surface area (Å²) in [6.45, 7) is 2.04. The Morgan fingerprint density at radius 2 is 1.81 bits per heavy atom. The van der Waals surface area contributed by atoms with E-state index in [1.54, 1.807) is 12.1 Å². The Bertz CT molecular complexity index is 1110. The van der Waals surface area contributed by atoms with Gasteiger partial charge in [0.05, 0.1) is 6.54 Å². The number of carbonyl (C=O) groups is 1. The molecule has 0 radical (unpaired) electrons. The number of amides is 1. The predicted molar refractivity (Wildman–Crippen MR) is 122 cm³/mol. The quantitative estimate of drug-likeness (QED) is 0.571. The number of hydrogen-bond donors (Lipinski definition) is 2. The number of fused-ring (bicyclic) bond motifs is 1. The summed E-state index contributed by atoms with van der Waals surface area (Å²) in [5.41, 5.74) is 1.72. The van der Waals surface area contributed by atoms with Crippen LogP contribution in [0.1, 0.15) is 21.6 Å². The Morgan fingerprint density at radius 1 is 1.06 bits per heavy atom. The predicted octanol–water partition coefficient (Wildman–Crippen LogP) is 2.62. The van der Waals surface area contributed by atoms with Gasteiger partial charge >= 0.3 is 0 Å². The first kappa shape index (κ1) is 21.6. The number of aromatic amines is 1. The van der Waals surface area contributed by atoms with Gasteiger partial charge in [-0.3, -0.25) is 9.59 Å². The molecule has 0 aliphatic carbocycles. The maximum atomic E-state index is 12.5. The molecular weight excluding hydrogens is 406 g/mol. The van der Waals surface area contributed by atoms with Crippen molar-refractivity contribution >= 4 is 5.91 Å². The van der Waals surface area contributed by atoms with Crippen LogP contribution in [0.15, 0.2) is 71.5 Å². The first-order valence-corrected chi connectivity index (χ1v) is 10.7. The van der Waals surface area contributed by atoms with Crippen molar-refractivity contribution in [3.05, 3.63) is 93.9 Å². The van der Waals surface area contributed by atoms with E-state index in [2.05, 4.69) is 27.3 Å². The molecule has 1 atom stereocenters. The second-order valence-electron chi connectivity index (χ2n) is 7.91. The Labute approximate surface area is 187 Å². The zero-order chi connectivity index (χ0) is 22.3. The van der Waals surface area contributed by atoms with E-state index in [-0.39, 0.29) is 18.2 Å². The smallest absolute Gasteiger partial charge is 0.261 e. The molecule has 0 saturated carbocycles. The molecular formula is C25H27N3O4. The third-order valence-electron chi connectivity index (χ3n) is 5.34. The van der Waals surface area contributed by atoms with Crippen molar-refractivity contribution in [3.8, 4) is 11.5 Å². The van der Waals surface area contributed by atoms with Gasteiger partial charge in [-0.15, -0.1) is 0 Å². The molecule has 2 N–H and O–H groups in total. The number of carbonyl (C=O) groups excluding carboxylic acids is 1. The van der Waals surface area contributed by atoms with E-state index in [0.29, 0.717) is 24.7 Å². The van der Waals surface area contributed by atoms with Gasteiger partial charge < -0.3 is 24.7 Å². The van der Waals surface area contributed by atoms with Gasteiger partial charge in [-0.1, -0.05) is 42.5 Å². The van der Waals surface area contributed by atoms with E-state index < -0.39 is 11.5 Å². The van der Waals surface area contributed by atoms with Gasteiger partial charge in [-0.05, 0) is 43.3 Å². The highest BCUT2D eigenvalue weighted by atomic mass is 16.6. The molecule has 1 amide bonds. The molecule has 3 aromatic rings. The van der Waals surface area contributed by atoms with Crippen LogP contribution < -0.4 is 20.3 Å². The zero-order valence-corrected chi connectivity index (χ0v) is 18.0. The van der Waals surface area contributed by atoms with Crippen molar-refractivity contribution in [1.82, 2.24) is 15.2 Å². The first-order valence-electron chi connectivity index (χ1n) is 10.7. The van der Waals surface area contributed by atoms with Gasteiger partial charge in [0.15, 0.2) is 11.5 Å². The van der Waals surface area contributed by atoms with Gasteiger partial charge in [0, 0.05) is 18.8 Å². The van der Waals surface area contributed by atoms with Crippen LogP contribution in [0.2, 0.25) is 0 Å². The van der Waals surface area contributed by atoms with Crippen LogP contribution in [0.3, 0.4) is 0 Å². The van der Waals surface area contributed by atoms with Crippen molar-refractivity contribution in [2.45, 2.75) is 19.1 Å². The summed E-state index contributed by atoms with van der Waals surface area (Å²) in [7, 11) is 2.01. The molecule has 1 aliphatic rings. The van der Waals surface area contributed by atoms with Crippen LogP contribution >= 0.6 is 0 Å². The van der Waals surface area contributed by atoms with Crippen LogP contribution in [0.5, 0.6) is 11.5 Å². The summed E-state index contributed by atoms with van der Waals surface area (Å²) < 4.78 is 11.5. The van der Waals surface area contributed by atoms with Gasteiger partial charge in [0.25, 0.3) is 11.5 Å². The van der Waals surface area contributed by atoms with Gasteiger partial charge in [-0.2, -0.15) is 0 Å². The van der Waals surface area contributed by atoms with Gasteiger partial charge in [-0.25, -0.2) is 0 Å². The minimum atomic E-state index is -0.433. The fourth-order valence-corrected chi connectivity index (χ4v) is 3.59. The number of rotatable bonds is 8. The summed E-state index contributed by atoms with van der Waals surface area (Å²) in [5.74, 6) is 0.908. The molecule has 2 heterocycles. The number of H-pyrrole nitrogens is 1. The lowest BCUT2D eigenvalue weighted by atomic mass is 10.1. The number of hydrogen-bond acceptors (Lipinski definition) is 5. The maximum absolute atomic E-state index is 12.5. The average molecular weight is 434 g/mol. The third-order valence-corrected chi connectivity index (χ3v) is 5.34. The van der Waals surface area contributed by atoms with Crippen LogP contribution in [-0.4, -0.2) is 48.6 Å². The highest BCUT2D eigenvalue weighted by Gasteiger charge is 2.22. The van der Waals surface area contributed by atoms with Crippen molar-refractivity contribution in [2.75, 3.05) is 26.7 Å². The lowest BCUT2D eigenvalue weighted by molar-refractivity contribution is 0.0788. The van der Waals surface area contributed by atoms with E-state index in [1.165, 1.54) is 5.56 Å². The summed E-state index contributed by atoms with van der Waals surface area (Å²) >= 11 is 0. The highest BCUT2D eigenvalue weighted by molar-refractivity contribution is 5.93. The first-order chi connectivity index (χ1) is 15.6. The van der Waals surface area contributed by atoms with E-state index in [1.807, 2.05) is 49.5 Å². The summed E-state index contributed by atoms with van der Waals surface area (Å²) in [4.78, 5) is 29.9. The standard InChI is InChI=1S/C25H27N3O4/c1-28(14-13-18-7-3-2-4-8-18)16-19-11-12-21(25(30)27-19)24(29)26-15-20-17-31-22-9-5-6-10-23(22)32-20/h2-12,20H,13-17H2,1H3,(H,26,29)(H,27,30). The minimum Gasteiger partial charge on any atom is -0.486 e. The molecule has 7 nitrogen and oxygen atoms in total. The number of para-hydroxylation sites is 2. The lowest BCUT2D eigenvalue weighted by Crippen LogP contribution is -2.42. The van der Waals surface area contributed by atoms with Crippen molar-refractivity contribution in [2.24, 2.45) is 0 Å². The van der Waals surface area contributed by atoms with E-state index in [4.69, 9.17) is 9.47 Å². The van der Waals surface area contributed by atoms with Crippen molar-refractivity contribution in [3.63, 3.8) is 0 Å². The molecule has 0 fully saturated rings. The number of benzene rings is 2. The Balaban J connectivity index is 1.28. The lowest BCUT2D eigenvalue weighted by Gasteiger charge is -2.26. The molecule has 2 aromatic carbocycles. The second kappa shape index (κ2) is 10.2. The van der Waals surface area contributed by atoms with E-state index in [0.717, 1.165) is 18.7 Å². The summed E-state index contributed by atoms with van der Waals surface area (Å²) in [5, 5.41) is 2.76.